The lowest BCUT2D eigenvalue weighted by Gasteiger charge is -2.20. The molecule has 0 radical (unpaired) electrons. The molecule has 3 rings (SSSR count). The molecule has 0 spiro atoms. The van der Waals surface area contributed by atoms with Gasteiger partial charge in [-0.2, -0.15) is 0 Å². The Labute approximate surface area is 127 Å². The first-order valence-corrected chi connectivity index (χ1v) is 7.79. The highest BCUT2D eigenvalue weighted by atomic mass is 32.2. The van der Waals surface area contributed by atoms with Crippen LogP contribution in [-0.4, -0.2) is 31.8 Å². The van der Waals surface area contributed by atoms with Gasteiger partial charge < -0.3 is 10.1 Å². The quantitative estimate of drug-likeness (QED) is 0.795. The number of hydrogen-bond acceptors (Lipinski definition) is 4. The molecule has 112 valence electrons. The van der Waals surface area contributed by atoms with Crippen LogP contribution in [0.1, 0.15) is 36.2 Å². The van der Waals surface area contributed by atoms with Crippen molar-refractivity contribution in [2.24, 2.45) is 0 Å². The van der Waals surface area contributed by atoms with E-state index in [-0.39, 0.29) is 10.1 Å². The molecule has 3 N–H and O–H groups in total. The molecule has 1 fully saturated rings. The lowest BCUT2D eigenvalue weighted by Crippen LogP contribution is -2.43. The number of aromatic amines is 1. The summed E-state index contributed by atoms with van der Waals surface area (Å²) in [6, 6.07) is 3.56. The number of H-pyrrole nitrogens is 1. The summed E-state index contributed by atoms with van der Waals surface area (Å²) in [7, 11) is 0. The van der Waals surface area contributed by atoms with Crippen LogP contribution in [0, 0.1) is 13.8 Å². The fourth-order valence-electron chi connectivity index (χ4n) is 2.67. The van der Waals surface area contributed by atoms with Gasteiger partial charge in [-0.25, -0.2) is 4.98 Å². The van der Waals surface area contributed by atoms with Crippen molar-refractivity contribution in [1.29, 1.82) is 0 Å². The summed E-state index contributed by atoms with van der Waals surface area (Å²) in [4.78, 5) is 19.3. The van der Waals surface area contributed by atoms with Gasteiger partial charge in [-0.05, 0) is 51.0 Å². The Bertz CT molecular complexity index is 684. The molecule has 0 aliphatic carbocycles. The molecule has 1 aromatic carbocycles. The number of rotatable bonds is 2. The van der Waals surface area contributed by atoms with Gasteiger partial charge in [0.2, 0.25) is 0 Å². The van der Waals surface area contributed by atoms with Gasteiger partial charge in [0.05, 0.1) is 11.0 Å². The zero-order chi connectivity index (χ0) is 15.4. The van der Waals surface area contributed by atoms with Gasteiger partial charge in [-0.15, -0.1) is 11.8 Å². The third-order valence-electron chi connectivity index (χ3n) is 4.05. The van der Waals surface area contributed by atoms with Crippen molar-refractivity contribution < 1.29 is 9.90 Å². The van der Waals surface area contributed by atoms with E-state index >= 15 is 0 Å². The predicted molar refractivity (Wildman–Crippen MR) is 84.5 cm³/mol. The van der Waals surface area contributed by atoms with E-state index in [1.54, 1.807) is 11.8 Å². The largest absolute Gasteiger partial charge is 0.480 e. The first kappa shape index (κ1) is 14.4. The number of thioether (sulfide) groups is 1. The van der Waals surface area contributed by atoms with Gasteiger partial charge in [-0.3, -0.25) is 10.1 Å². The van der Waals surface area contributed by atoms with Crippen LogP contribution in [0.25, 0.3) is 11.0 Å². The highest BCUT2D eigenvalue weighted by Gasteiger charge is 2.46. The van der Waals surface area contributed by atoms with Crippen molar-refractivity contribution in [2.45, 2.75) is 43.9 Å². The van der Waals surface area contributed by atoms with Crippen LogP contribution >= 0.6 is 11.8 Å². The highest BCUT2D eigenvalue weighted by Crippen LogP contribution is 2.45. The second-order valence-electron chi connectivity index (χ2n) is 6.11. The molecule has 6 heteroatoms. The van der Waals surface area contributed by atoms with Crippen LogP contribution in [0.5, 0.6) is 0 Å². The molecule has 2 unspecified atom stereocenters. The zero-order valence-corrected chi connectivity index (χ0v) is 13.3. The normalized spacial score (nSPS) is 24.6. The smallest absolute Gasteiger partial charge is 0.322 e. The Hall–Kier alpha value is -1.53. The number of nitrogens with zero attached hydrogens (tertiary/aromatic N) is 1. The monoisotopic (exact) mass is 305 g/mol. The lowest BCUT2D eigenvalue weighted by molar-refractivity contribution is -0.139. The number of aryl methyl sites for hydroxylation is 2. The van der Waals surface area contributed by atoms with Crippen LogP contribution < -0.4 is 5.32 Å². The molecule has 1 aliphatic heterocycles. The second kappa shape index (κ2) is 4.74. The van der Waals surface area contributed by atoms with Gasteiger partial charge in [0.25, 0.3) is 0 Å². The number of imidazole rings is 1. The zero-order valence-electron chi connectivity index (χ0n) is 12.5. The minimum Gasteiger partial charge on any atom is -0.480 e. The number of aromatic nitrogens is 2. The topological polar surface area (TPSA) is 78.0 Å². The number of carboxylic acids is 1. The molecule has 0 amide bonds. The van der Waals surface area contributed by atoms with E-state index in [2.05, 4.69) is 41.3 Å². The third-order valence-corrected chi connectivity index (χ3v) is 5.48. The van der Waals surface area contributed by atoms with Gasteiger partial charge >= 0.3 is 5.97 Å². The first-order chi connectivity index (χ1) is 9.78. The number of carboxylic acid groups (broad SMARTS) is 1. The van der Waals surface area contributed by atoms with E-state index in [0.717, 1.165) is 16.9 Å². The Morgan fingerprint density at radius 1 is 1.33 bits per heavy atom. The Morgan fingerprint density at radius 2 is 2.00 bits per heavy atom. The molecule has 21 heavy (non-hydrogen) atoms. The van der Waals surface area contributed by atoms with Crippen LogP contribution in [0.15, 0.2) is 12.1 Å². The molecule has 2 atom stereocenters. The molecule has 1 saturated heterocycles. The van der Waals surface area contributed by atoms with Gasteiger partial charge in [0.1, 0.15) is 17.2 Å². The molecule has 2 aromatic rings. The summed E-state index contributed by atoms with van der Waals surface area (Å²) in [5.74, 6) is -0.0328. The maximum absolute atomic E-state index is 11.3. The summed E-state index contributed by atoms with van der Waals surface area (Å²) in [5.41, 5.74) is 4.34. The van der Waals surface area contributed by atoms with Crippen molar-refractivity contribution in [2.75, 3.05) is 0 Å². The molecule has 2 heterocycles. The number of aliphatic carboxylic acids is 1. The maximum atomic E-state index is 11.3. The fraction of sp³-hybridized carbons (Fsp3) is 0.467. The van der Waals surface area contributed by atoms with E-state index in [1.807, 2.05) is 13.8 Å². The molecule has 1 aromatic heterocycles. The maximum Gasteiger partial charge on any atom is 0.322 e. The fourth-order valence-corrected chi connectivity index (χ4v) is 4.01. The number of carbonyl (C=O) groups is 1. The van der Waals surface area contributed by atoms with Gasteiger partial charge in [-0.1, -0.05) is 0 Å². The number of benzene rings is 1. The number of fused-ring (bicyclic) bond motifs is 1. The SMILES string of the molecule is Cc1cc2nc(C3NC(C(=O)O)C(C)(C)S3)[nH]c2cc1C. The average molecular weight is 305 g/mol. The Morgan fingerprint density at radius 3 is 2.62 bits per heavy atom. The molecule has 1 aliphatic rings. The third kappa shape index (κ3) is 2.42. The summed E-state index contributed by atoms with van der Waals surface area (Å²) in [6.07, 6.45) is 0. The first-order valence-electron chi connectivity index (χ1n) is 6.91. The second-order valence-corrected chi connectivity index (χ2v) is 7.87. The molecule has 0 bridgehead atoms. The molecular formula is C15H19N3O2S. The van der Waals surface area contributed by atoms with E-state index in [0.29, 0.717) is 0 Å². The standard InChI is InChI=1S/C15H19N3O2S/c1-7-5-9-10(6-8(7)2)17-12(16-9)13-18-11(14(19)20)15(3,4)21-13/h5-6,11,13,18H,1-4H3,(H,16,17)(H,19,20). The number of nitrogens with one attached hydrogen (secondary N) is 2. The molecule has 5 nitrogen and oxygen atoms in total. The van der Waals surface area contributed by atoms with Crippen molar-refractivity contribution in [1.82, 2.24) is 15.3 Å². The average Bonchev–Trinajstić information content (AvgIpc) is 2.90. The van der Waals surface area contributed by atoms with E-state index in [1.165, 1.54) is 11.1 Å². The molecular weight excluding hydrogens is 286 g/mol. The predicted octanol–water partition coefficient (Wildman–Crippen LogP) is 2.75. The summed E-state index contributed by atoms with van der Waals surface area (Å²) >= 11 is 1.60. The van der Waals surface area contributed by atoms with Gasteiger partial charge in [0, 0.05) is 4.75 Å². The summed E-state index contributed by atoms with van der Waals surface area (Å²) < 4.78 is -0.374. The highest BCUT2D eigenvalue weighted by molar-refractivity contribution is 8.01. The van der Waals surface area contributed by atoms with E-state index in [9.17, 15) is 9.90 Å². The van der Waals surface area contributed by atoms with Crippen molar-refractivity contribution in [3.63, 3.8) is 0 Å². The van der Waals surface area contributed by atoms with Gasteiger partial charge in [0.15, 0.2) is 0 Å². The van der Waals surface area contributed by atoms with Crippen LogP contribution in [0.4, 0.5) is 0 Å². The van der Waals surface area contributed by atoms with Crippen molar-refractivity contribution in [3.05, 3.63) is 29.1 Å². The van der Waals surface area contributed by atoms with Crippen molar-refractivity contribution >= 4 is 28.8 Å². The molecule has 0 saturated carbocycles. The van der Waals surface area contributed by atoms with Crippen LogP contribution in [0.2, 0.25) is 0 Å². The van der Waals surface area contributed by atoms with Crippen LogP contribution in [-0.2, 0) is 4.79 Å². The Balaban J connectivity index is 1.97. The lowest BCUT2D eigenvalue weighted by atomic mass is 10.0. The number of hydrogen-bond donors (Lipinski definition) is 3. The van der Waals surface area contributed by atoms with Crippen molar-refractivity contribution in [3.8, 4) is 0 Å². The minimum absolute atomic E-state index is 0.130. The van der Waals surface area contributed by atoms with Crippen LogP contribution in [0.3, 0.4) is 0 Å². The Kier molecular flexibility index (Phi) is 3.26. The van der Waals surface area contributed by atoms with E-state index < -0.39 is 12.0 Å². The van der Waals surface area contributed by atoms with E-state index in [4.69, 9.17) is 0 Å². The summed E-state index contributed by atoms with van der Waals surface area (Å²) in [5, 5.41) is 12.3. The summed E-state index contributed by atoms with van der Waals surface area (Å²) in [6.45, 7) is 8.03. The minimum atomic E-state index is -0.821.